The smallest absolute Gasteiger partial charge is 0.322 e. The molecule has 6 rings (SSSR count). The Bertz CT molecular complexity index is 1310. The molecule has 11 heteroatoms. The number of aromatic nitrogens is 2. The number of nitrogens with one attached hydrogen (secondary N) is 3. The molecule has 4 aliphatic rings. The summed E-state index contributed by atoms with van der Waals surface area (Å²) in [5, 5.41) is 12.3. The van der Waals surface area contributed by atoms with Gasteiger partial charge in [-0.25, -0.2) is 0 Å². The van der Waals surface area contributed by atoms with Gasteiger partial charge in [-0.15, -0.1) is 0 Å². The number of amides is 3. The van der Waals surface area contributed by atoms with Gasteiger partial charge in [0.2, 0.25) is 11.8 Å². The summed E-state index contributed by atoms with van der Waals surface area (Å²) < 4.78 is 39.7. The molecule has 3 amide bonds. The number of rotatable bonds is 5. The van der Waals surface area contributed by atoms with Gasteiger partial charge in [0.15, 0.2) is 5.69 Å². The number of alkyl halides is 3. The first-order valence-electron chi connectivity index (χ1n) is 13.8. The van der Waals surface area contributed by atoms with E-state index in [9.17, 15) is 27.6 Å². The van der Waals surface area contributed by atoms with E-state index >= 15 is 0 Å². The average molecular weight is 544 g/mol. The summed E-state index contributed by atoms with van der Waals surface area (Å²) in [5.74, 6) is -0.507. The van der Waals surface area contributed by atoms with E-state index in [0.717, 1.165) is 43.2 Å². The fraction of sp³-hybridized carbons (Fsp3) is 0.571. The van der Waals surface area contributed by atoms with Crippen molar-refractivity contribution >= 4 is 17.7 Å². The number of hydrogen-bond acceptors (Lipinski definition) is 5. The molecule has 2 aromatic rings. The predicted molar refractivity (Wildman–Crippen MR) is 134 cm³/mol. The van der Waals surface area contributed by atoms with Crippen molar-refractivity contribution in [2.45, 2.75) is 95.1 Å². The number of carbonyl (C=O) groups is 3. The highest BCUT2D eigenvalue weighted by Crippen LogP contribution is 2.36. The van der Waals surface area contributed by atoms with E-state index < -0.39 is 23.8 Å². The monoisotopic (exact) mass is 543 g/mol. The van der Waals surface area contributed by atoms with Crippen LogP contribution < -0.4 is 10.6 Å². The molecule has 2 fully saturated rings. The summed E-state index contributed by atoms with van der Waals surface area (Å²) in [7, 11) is 0. The van der Waals surface area contributed by atoms with E-state index in [0.29, 0.717) is 55.0 Å². The largest absolute Gasteiger partial charge is 0.435 e. The van der Waals surface area contributed by atoms with Gasteiger partial charge in [0.1, 0.15) is 6.04 Å². The number of fused-ring (bicyclic) bond motifs is 2. The molecule has 0 spiro atoms. The highest BCUT2D eigenvalue weighted by atomic mass is 19.4. The normalized spacial score (nSPS) is 27.4. The van der Waals surface area contributed by atoms with Crippen LogP contribution in [0, 0.1) is 5.92 Å². The number of piperidine rings is 1. The molecule has 1 aromatic carbocycles. The number of aromatic amines is 1. The van der Waals surface area contributed by atoms with E-state index in [2.05, 4.69) is 26.9 Å². The molecule has 0 radical (unpaired) electrons. The van der Waals surface area contributed by atoms with Crippen molar-refractivity contribution in [3.63, 3.8) is 0 Å². The van der Waals surface area contributed by atoms with Gasteiger partial charge in [-0.2, -0.15) is 18.3 Å². The van der Waals surface area contributed by atoms with Crippen LogP contribution in [0.25, 0.3) is 0 Å². The van der Waals surface area contributed by atoms with Crippen LogP contribution in [0.15, 0.2) is 18.2 Å². The third-order valence-corrected chi connectivity index (χ3v) is 8.86. The van der Waals surface area contributed by atoms with E-state index in [1.54, 1.807) is 4.90 Å². The van der Waals surface area contributed by atoms with Gasteiger partial charge >= 0.3 is 6.18 Å². The summed E-state index contributed by atoms with van der Waals surface area (Å²) in [6.07, 6.45) is 2.85. The number of carbonyl (C=O) groups excluding carboxylic acids is 3. The molecule has 4 atom stereocenters. The van der Waals surface area contributed by atoms with Gasteiger partial charge in [-0.1, -0.05) is 25.0 Å². The molecule has 1 aromatic heterocycles. The molecule has 8 nitrogen and oxygen atoms in total. The lowest BCUT2D eigenvalue weighted by atomic mass is 9.79. The molecular weight excluding hydrogens is 511 g/mol. The molecule has 1 saturated carbocycles. The Morgan fingerprint density at radius 2 is 1.87 bits per heavy atom. The van der Waals surface area contributed by atoms with Crippen molar-refractivity contribution in [2.24, 2.45) is 5.92 Å². The van der Waals surface area contributed by atoms with E-state index in [1.807, 2.05) is 12.1 Å². The number of H-pyrrole nitrogens is 1. The van der Waals surface area contributed by atoms with Crippen LogP contribution in [0.3, 0.4) is 0 Å². The Kier molecular flexibility index (Phi) is 6.73. The van der Waals surface area contributed by atoms with Crippen LogP contribution in [0.2, 0.25) is 0 Å². The Hall–Kier alpha value is -3.21. The standard InChI is InChI=1S/C28H32F3N5O3/c29-28(30,31)25-20-8-6-18(13-22(20)34-35-25)32-21-4-2-1-3-16(21)11-15-5-7-19-17(12-15)14-36(27(19)39)23-9-10-24(37)33-26(23)38/h5,7,12,16,18,21,23,32H,1-4,6,8-11,13-14H2,(H,34,35)(H,33,37,38)/t16-,18-,21+,23?/m1/s1. The fourth-order valence-corrected chi connectivity index (χ4v) is 6.91. The van der Waals surface area contributed by atoms with Crippen molar-refractivity contribution in [2.75, 3.05) is 0 Å². The molecule has 1 saturated heterocycles. The maximum atomic E-state index is 13.2. The van der Waals surface area contributed by atoms with Crippen molar-refractivity contribution in [1.29, 1.82) is 0 Å². The minimum absolute atomic E-state index is 0.101. The number of halogens is 3. The Labute approximate surface area is 224 Å². The summed E-state index contributed by atoms with van der Waals surface area (Å²) in [6.45, 7) is 0.356. The van der Waals surface area contributed by atoms with Gasteiger partial charge in [0.05, 0.1) is 0 Å². The van der Waals surface area contributed by atoms with Gasteiger partial charge < -0.3 is 10.2 Å². The maximum Gasteiger partial charge on any atom is 0.435 e. The highest BCUT2D eigenvalue weighted by Gasteiger charge is 2.41. The molecule has 1 unspecified atom stereocenters. The summed E-state index contributed by atoms with van der Waals surface area (Å²) in [4.78, 5) is 38.5. The van der Waals surface area contributed by atoms with Gasteiger partial charge in [0.25, 0.3) is 5.91 Å². The highest BCUT2D eigenvalue weighted by molar-refractivity contribution is 6.05. The van der Waals surface area contributed by atoms with Crippen LogP contribution in [0.5, 0.6) is 0 Å². The molecule has 3 heterocycles. The molecular formula is C28H32F3N5O3. The predicted octanol–water partition coefficient (Wildman–Crippen LogP) is 3.44. The first-order chi connectivity index (χ1) is 18.7. The lowest BCUT2D eigenvalue weighted by Gasteiger charge is -2.36. The molecule has 39 heavy (non-hydrogen) atoms. The quantitative estimate of drug-likeness (QED) is 0.501. The molecule has 208 valence electrons. The Morgan fingerprint density at radius 1 is 1.05 bits per heavy atom. The van der Waals surface area contributed by atoms with Crippen LogP contribution in [0.1, 0.15) is 83.4 Å². The maximum absolute atomic E-state index is 13.2. The molecule has 3 N–H and O–H groups in total. The average Bonchev–Trinajstić information content (AvgIpc) is 3.46. The third-order valence-electron chi connectivity index (χ3n) is 8.86. The minimum Gasteiger partial charge on any atom is -0.322 e. The number of hydrogen-bond donors (Lipinski definition) is 3. The first-order valence-corrected chi connectivity index (χ1v) is 13.8. The zero-order valence-electron chi connectivity index (χ0n) is 21.6. The van der Waals surface area contributed by atoms with Crippen LogP contribution >= 0.6 is 0 Å². The van der Waals surface area contributed by atoms with E-state index in [-0.39, 0.29) is 30.3 Å². The van der Waals surface area contributed by atoms with Gasteiger partial charge in [-0.3, -0.25) is 24.8 Å². The van der Waals surface area contributed by atoms with Gasteiger partial charge in [0, 0.05) is 48.3 Å². The first kappa shape index (κ1) is 26.0. The second kappa shape index (κ2) is 10.1. The fourth-order valence-electron chi connectivity index (χ4n) is 6.91. The number of benzene rings is 1. The number of imide groups is 1. The van der Waals surface area contributed by atoms with Crippen LogP contribution in [-0.4, -0.2) is 50.9 Å². The summed E-state index contributed by atoms with van der Waals surface area (Å²) >= 11 is 0. The zero-order chi connectivity index (χ0) is 27.3. The van der Waals surface area contributed by atoms with Crippen molar-refractivity contribution in [3.05, 3.63) is 51.8 Å². The molecule has 2 aliphatic carbocycles. The second-order valence-electron chi connectivity index (χ2n) is 11.4. The third kappa shape index (κ3) is 5.08. The second-order valence-corrected chi connectivity index (χ2v) is 11.4. The number of nitrogens with zero attached hydrogens (tertiary/aromatic N) is 2. The summed E-state index contributed by atoms with van der Waals surface area (Å²) in [5.41, 5.74) is 2.76. The Morgan fingerprint density at radius 3 is 2.67 bits per heavy atom. The van der Waals surface area contributed by atoms with Crippen LogP contribution in [-0.2, 0) is 41.6 Å². The van der Waals surface area contributed by atoms with E-state index in [1.165, 1.54) is 0 Å². The zero-order valence-corrected chi connectivity index (χ0v) is 21.6. The van der Waals surface area contributed by atoms with Crippen molar-refractivity contribution in [1.82, 2.24) is 25.7 Å². The molecule has 0 bridgehead atoms. The Balaban J connectivity index is 1.11. The molecule has 2 aliphatic heterocycles. The minimum atomic E-state index is -4.43. The van der Waals surface area contributed by atoms with Crippen molar-refractivity contribution in [3.8, 4) is 0 Å². The lowest BCUT2D eigenvalue weighted by Crippen LogP contribution is -2.52. The van der Waals surface area contributed by atoms with Crippen LogP contribution in [0.4, 0.5) is 13.2 Å². The summed E-state index contributed by atoms with van der Waals surface area (Å²) in [6, 6.07) is 5.65. The van der Waals surface area contributed by atoms with Crippen molar-refractivity contribution < 1.29 is 27.6 Å². The lowest BCUT2D eigenvalue weighted by molar-refractivity contribution is -0.142. The van der Waals surface area contributed by atoms with E-state index in [4.69, 9.17) is 0 Å². The SMILES string of the molecule is O=C1CCC(N2Cc3cc(C[C@H]4CCCC[C@@H]4N[C@@H]4CCc5c(C(F)(F)F)n[nH]c5C4)ccc3C2=O)C(=O)N1. The van der Waals surface area contributed by atoms with Gasteiger partial charge in [-0.05, 0) is 61.6 Å². The topological polar surface area (TPSA) is 107 Å².